The van der Waals surface area contributed by atoms with Crippen LogP contribution in [0, 0.1) is 5.92 Å². The highest BCUT2D eigenvalue weighted by Crippen LogP contribution is 2.27. The van der Waals surface area contributed by atoms with Gasteiger partial charge in [-0.15, -0.1) is 16.4 Å². The molecule has 0 N–H and O–H groups in total. The van der Waals surface area contributed by atoms with E-state index in [0.717, 1.165) is 23.1 Å². The second kappa shape index (κ2) is 12.1. The van der Waals surface area contributed by atoms with E-state index in [1.807, 2.05) is 6.07 Å². The van der Waals surface area contributed by atoms with Gasteiger partial charge >= 0.3 is 12.1 Å². The van der Waals surface area contributed by atoms with Gasteiger partial charge in [-0.3, -0.25) is 4.79 Å². The zero-order chi connectivity index (χ0) is 22.9. The van der Waals surface area contributed by atoms with Crippen LogP contribution in [0.1, 0.15) is 73.1 Å². The lowest BCUT2D eigenvalue weighted by Gasteiger charge is -2.18. The first-order valence-electron chi connectivity index (χ1n) is 11.1. The highest BCUT2D eigenvalue weighted by Gasteiger charge is 2.21. The number of ether oxygens (including phenoxy) is 2. The molecule has 0 spiro atoms. The first kappa shape index (κ1) is 25.2. The summed E-state index contributed by atoms with van der Waals surface area (Å²) in [5.74, 6) is 0.861. The van der Waals surface area contributed by atoms with Crippen LogP contribution < -0.4 is 0 Å². The van der Waals surface area contributed by atoms with E-state index in [2.05, 4.69) is 23.9 Å². The van der Waals surface area contributed by atoms with Gasteiger partial charge in [0.1, 0.15) is 5.60 Å². The number of unbranched alkanes of at least 4 members (excludes halogenated alkanes) is 2. The maximum atomic E-state index is 12.4. The average molecular weight is 450 g/mol. The van der Waals surface area contributed by atoms with Crippen LogP contribution in [-0.2, 0) is 14.3 Å². The van der Waals surface area contributed by atoms with Crippen molar-refractivity contribution in [3.8, 4) is 0 Å². The summed E-state index contributed by atoms with van der Waals surface area (Å²) in [6.45, 7) is 10.3. The van der Waals surface area contributed by atoms with Gasteiger partial charge in [0.15, 0.2) is 5.65 Å². The molecule has 0 saturated carbocycles. The quantitative estimate of drug-likeness (QED) is 0.242. The van der Waals surface area contributed by atoms with Crippen LogP contribution in [0.15, 0.2) is 23.4 Å². The topological polar surface area (TPSA) is 83.3 Å². The molecule has 0 bridgehead atoms. The Balaban J connectivity index is 1.87. The van der Waals surface area contributed by atoms with Crippen LogP contribution in [0.2, 0.25) is 0 Å². The highest BCUT2D eigenvalue weighted by atomic mass is 32.2. The fraction of sp³-hybridized carbons (Fsp3) is 0.652. The highest BCUT2D eigenvalue weighted by molar-refractivity contribution is 7.99. The number of rotatable bonds is 11. The Hall–Kier alpha value is -2.09. The van der Waals surface area contributed by atoms with Crippen LogP contribution >= 0.6 is 11.8 Å². The van der Waals surface area contributed by atoms with Crippen molar-refractivity contribution in [2.45, 2.75) is 83.6 Å². The van der Waals surface area contributed by atoms with E-state index in [1.165, 1.54) is 35.7 Å². The summed E-state index contributed by atoms with van der Waals surface area (Å²) < 4.78 is 12.0. The molecule has 7 nitrogen and oxygen atoms in total. The van der Waals surface area contributed by atoms with Gasteiger partial charge in [-0.25, -0.2) is 9.78 Å². The minimum Gasteiger partial charge on any atom is -0.465 e. The SMILES string of the molecule is CCCCCC(CC)COC(=O)CCSc1ccnc2c1cnn2C(=O)OC(C)(C)C. The average Bonchev–Trinajstić information content (AvgIpc) is 3.14. The predicted molar refractivity (Wildman–Crippen MR) is 123 cm³/mol. The van der Waals surface area contributed by atoms with Crippen molar-refractivity contribution in [3.05, 3.63) is 18.5 Å². The minimum atomic E-state index is -0.616. The lowest BCUT2D eigenvalue weighted by atomic mass is 10.00. The first-order chi connectivity index (χ1) is 14.7. The Morgan fingerprint density at radius 1 is 1.23 bits per heavy atom. The van der Waals surface area contributed by atoms with Crippen LogP contribution in [0.4, 0.5) is 4.79 Å². The molecule has 2 aromatic heterocycles. The lowest BCUT2D eigenvalue weighted by molar-refractivity contribution is -0.144. The number of thioether (sulfide) groups is 1. The molecule has 0 amide bonds. The monoisotopic (exact) mass is 449 g/mol. The predicted octanol–water partition coefficient (Wildman–Crippen LogP) is 5.85. The molecule has 2 rings (SSSR count). The van der Waals surface area contributed by atoms with E-state index in [9.17, 15) is 9.59 Å². The third kappa shape index (κ3) is 8.16. The van der Waals surface area contributed by atoms with Gasteiger partial charge in [0, 0.05) is 16.8 Å². The first-order valence-corrected chi connectivity index (χ1v) is 12.1. The fourth-order valence-corrected chi connectivity index (χ4v) is 4.03. The third-order valence-corrected chi connectivity index (χ3v) is 5.91. The Morgan fingerprint density at radius 2 is 2.00 bits per heavy atom. The normalized spacial score (nSPS) is 12.7. The molecule has 2 aromatic rings. The maximum absolute atomic E-state index is 12.4. The van der Waals surface area contributed by atoms with E-state index in [4.69, 9.17) is 9.47 Å². The Labute approximate surface area is 189 Å². The molecular formula is C23H35N3O4S. The lowest BCUT2D eigenvalue weighted by Crippen LogP contribution is -2.27. The molecule has 2 heterocycles. The number of nitrogens with zero attached hydrogens (tertiary/aromatic N) is 3. The van der Waals surface area contributed by atoms with Crippen molar-refractivity contribution in [2.24, 2.45) is 5.92 Å². The van der Waals surface area contributed by atoms with Crippen molar-refractivity contribution < 1.29 is 19.1 Å². The molecule has 172 valence electrons. The number of hydrogen-bond donors (Lipinski definition) is 0. The Bertz CT molecular complexity index is 860. The molecule has 0 saturated heterocycles. The summed E-state index contributed by atoms with van der Waals surface area (Å²) >= 11 is 1.53. The molecule has 8 heteroatoms. The van der Waals surface area contributed by atoms with Gasteiger partial charge in [-0.2, -0.15) is 5.10 Å². The Kier molecular flexibility index (Phi) is 9.81. The minimum absolute atomic E-state index is 0.170. The number of hydrogen-bond acceptors (Lipinski definition) is 7. The van der Waals surface area contributed by atoms with Crippen molar-refractivity contribution in [2.75, 3.05) is 12.4 Å². The number of aromatic nitrogens is 3. The van der Waals surface area contributed by atoms with Crippen molar-refractivity contribution in [1.29, 1.82) is 0 Å². The Morgan fingerprint density at radius 3 is 2.68 bits per heavy atom. The summed E-state index contributed by atoms with van der Waals surface area (Å²) in [6.07, 6.45) is 8.77. The van der Waals surface area contributed by atoms with Gasteiger partial charge in [0.25, 0.3) is 0 Å². The zero-order valence-corrected chi connectivity index (χ0v) is 20.2. The van der Waals surface area contributed by atoms with E-state index < -0.39 is 11.7 Å². The number of esters is 1. The molecule has 1 atom stereocenters. The molecule has 31 heavy (non-hydrogen) atoms. The molecule has 0 fully saturated rings. The second-order valence-corrected chi connectivity index (χ2v) is 9.77. The fourth-order valence-electron chi connectivity index (χ4n) is 3.09. The second-order valence-electron chi connectivity index (χ2n) is 8.63. The molecule has 0 aromatic carbocycles. The molecule has 0 radical (unpaired) electrons. The van der Waals surface area contributed by atoms with Crippen LogP contribution in [0.3, 0.4) is 0 Å². The van der Waals surface area contributed by atoms with E-state index in [1.54, 1.807) is 33.2 Å². The van der Waals surface area contributed by atoms with Gasteiger partial charge < -0.3 is 9.47 Å². The summed E-state index contributed by atoms with van der Waals surface area (Å²) in [6, 6.07) is 1.86. The van der Waals surface area contributed by atoms with Crippen molar-refractivity contribution in [1.82, 2.24) is 14.8 Å². The summed E-state index contributed by atoms with van der Waals surface area (Å²) in [4.78, 5) is 29.7. The smallest absolute Gasteiger partial charge is 0.437 e. The third-order valence-electron chi connectivity index (χ3n) is 4.84. The number of carbonyl (C=O) groups excluding carboxylic acids is 2. The van der Waals surface area contributed by atoms with Gasteiger partial charge in [-0.05, 0) is 39.2 Å². The van der Waals surface area contributed by atoms with Crippen molar-refractivity contribution in [3.63, 3.8) is 0 Å². The standard InChI is InChI=1S/C23H35N3O4S/c1-6-8-9-10-17(7-2)16-29-20(27)12-14-31-19-11-13-24-21-18(19)15-25-26(21)22(28)30-23(3,4)5/h11,13,15,17H,6-10,12,14,16H2,1-5H3. The van der Waals surface area contributed by atoms with E-state index in [0.29, 0.717) is 30.3 Å². The van der Waals surface area contributed by atoms with Crippen molar-refractivity contribution >= 4 is 34.9 Å². The number of pyridine rings is 1. The van der Waals surface area contributed by atoms with Crippen LogP contribution in [0.25, 0.3) is 11.0 Å². The zero-order valence-electron chi connectivity index (χ0n) is 19.3. The summed E-state index contributed by atoms with van der Waals surface area (Å²) in [7, 11) is 0. The molecule has 0 aliphatic carbocycles. The molecule has 0 aliphatic heterocycles. The summed E-state index contributed by atoms with van der Waals surface area (Å²) in [5, 5.41) is 4.90. The number of carbonyl (C=O) groups is 2. The summed E-state index contributed by atoms with van der Waals surface area (Å²) in [5.41, 5.74) is -0.172. The number of fused-ring (bicyclic) bond motifs is 1. The molecule has 1 unspecified atom stereocenters. The molecule has 0 aliphatic rings. The van der Waals surface area contributed by atoms with Crippen LogP contribution in [0.5, 0.6) is 0 Å². The van der Waals surface area contributed by atoms with E-state index in [-0.39, 0.29) is 5.97 Å². The van der Waals surface area contributed by atoms with Gasteiger partial charge in [0.05, 0.1) is 24.6 Å². The maximum Gasteiger partial charge on any atom is 0.437 e. The molecular weight excluding hydrogens is 414 g/mol. The largest absolute Gasteiger partial charge is 0.465 e. The van der Waals surface area contributed by atoms with E-state index >= 15 is 0 Å². The van der Waals surface area contributed by atoms with Gasteiger partial charge in [-0.1, -0.05) is 39.5 Å². The van der Waals surface area contributed by atoms with Crippen LogP contribution in [-0.4, -0.2) is 44.8 Å². The van der Waals surface area contributed by atoms with Gasteiger partial charge in [0.2, 0.25) is 0 Å².